The van der Waals surface area contributed by atoms with E-state index >= 15 is 0 Å². The highest BCUT2D eigenvalue weighted by Gasteiger charge is 2.52. The van der Waals surface area contributed by atoms with Gasteiger partial charge in [-0.2, -0.15) is 13.2 Å². The van der Waals surface area contributed by atoms with Gasteiger partial charge in [0.15, 0.2) is 0 Å². The van der Waals surface area contributed by atoms with Crippen LogP contribution in [0.1, 0.15) is 58.7 Å². The number of carbonyl (C=O) groups excluding carboxylic acids is 3. The van der Waals surface area contributed by atoms with Crippen molar-refractivity contribution in [3.63, 3.8) is 0 Å². The SMILES string of the molecule is CN(C(=O)N[C@@](Cc1ccccc1)(C(=O)OC(C)(C)C)C(C)(C)C)C(CNC(=O)C(F)(F)F)c1ccccc1. The molecule has 0 aliphatic carbocycles. The van der Waals surface area contributed by atoms with Crippen molar-refractivity contribution in [2.75, 3.05) is 13.6 Å². The molecule has 0 fully saturated rings. The first-order valence-corrected chi connectivity index (χ1v) is 12.6. The van der Waals surface area contributed by atoms with E-state index in [1.54, 1.807) is 71.9 Å². The van der Waals surface area contributed by atoms with Crippen LogP contribution in [0.4, 0.5) is 18.0 Å². The van der Waals surface area contributed by atoms with Gasteiger partial charge in [-0.25, -0.2) is 9.59 Å². The molecule has 1 unspecified atom stereocenters. The predicted molar refractivity (Wildman–Crippen MR) is 143 cm³/mol. The minimum absolute atomic E-state index is 0.104. The average molecular weight is 550 g/mol. The lowest BCUT2D eigenvalue weighted by molar-refractivity contribution is -0.173. The topological polar surface area (TPSA) is 87.7 Å². The monoisotopic (exact) mass is 549 g/mol. The average Bonchev–Trinajstić information content (AvgIpc) is 2.82. The highest BCUT2D eigenvalue weighted by atomic mass is 19.4. The van der Waals surface area contributed by atoms with Crippen LogP contribution in [-0.4, -0.2) is 53.7 Å². The third-order valence-electron chi connectivity index (χ3n) is 6.35. The third-order valence-corrected chi connectivity index (χ3v) is 6.35. The number of benzene rings is 2. The summed E-state index contributed by atoms with van der Waals surface area (Å²) >= 11 is 0. The molecule has 2 aromatic carbocycles. The fourth-order valence-corrected chi connectivity index (χ4v) is 4.05. The zero-order valence-electron chi connectivity index (χ0n) is 23.5. The number of esters is 1. The van der Waals surface area contributed by atoms with E-state index in [-0.39, 0.29) is 6.42 Å². The molecule has 0 heterocycles. The Morgan fingerprint density at radius 3 is 1.85 bits per heavy atom. The summed E-state index contributed by atoms with van der Waals surface area (Å²) in [5.74, 6) is -2.76. The number of alkyl halides is 3. The number of nitrogens with one attached hydrogen (secondary N) is 2. The second kappa shape index (κ2) is 12.1. The summed E-state index contributed by atoms with van der Waals surface area (Å²) in [6, 6.07) is 15.8. The maximum absolute atomic E-state index is 13.8. The number of hydrogen-bond acceptors (Lipinski definition) is 4. The van der Waals surface area contributed by atoms with Crippen LogP contribution in [0.2, 0.25) is 0 Å². The first-order valence-electron chi connectivity index (χ1n) is 12.6. The second-order valence-electron chi connectivity index (χ2n) is 11.5. The van der Waals surface area contributed by atoms with E-state index < -0.39 is 53.2 Å². The van der Waals surface area contributed by atoms with Crippen molar-refractivity contribution in [3.05, 3.63) is 71.8 Å². The summed E-state index contributed by atoms with van der Waals surface area (Å²) < 4.78 is 44.5. The summed E-state index contributed by atoms with van der Waals surface area (Å²) in [6.07, 6.45) is -4.97. The molecular weight excluding hydrogens is 511 g/mol. The molecule has 0 aliphatic rings. The first kappa shape index (κ1) is 31.7. The Labute approximate surface area is 228 Å². The normalized spacial score (nSPS) is 14.5. The number of hydrogen-bond donors (Lipinski definition) is 2. The van der Waals surface area contributed by atoms with Crippen molar-refractivity contribution < 1.29 is 32.3 Å². The molecule has 0 saturated carbocycles. The lowest BCUT2D eigenvalue weighted by atomic mass is 9.70. The zero-order valence-corrected chi connectivity index (χ0v) is 23.5. The Bertz CT molecular complexity index is 1130. The first-order chi connectivity index (χ1) is 17.9. The summed E-state index contributed by atoms with van der Waals surface area (Å²) in [6.45, 7) is 10.1. The van der Waals surface area contributed by atoms with Crippen LogP contribution in [-0.2, 0) is 20.7 Å². The Balaban J connectivity index is 2.51. The van der Waals surface area contributed by atoms with Gasteiger partial charge in [0.05, 0.1) is 6.04 Å². The van der Waals surface area contributed by atoms with Gasteiger partial charge in [-0.3, -0.25) is 4.79 Å². The van der Waals surface area contributed by atoms with Gasteiger partial charge in [0.1, 0.15) is 11.1 Å². The molecule has 0 spiro atoms. The second-order valence-corrected chi connectivity index (χ2v) is 11.5. The summed E-state index contributed by atoms with van der Waals surface area (Å²) in [4.78, 5) is 40.4. The van der Waals surface area contributed by atoms with E-state index in [4.69, 9.17) is 4.74 Å². The number of urea groups is 1. The van der Waals surface area contributed by atoms with Gasteiger partial charge in [-0.15, -0.1) is 0 Å². The van der Waals surface area contributed by atoms with Crippen molar-refractivity contribution in [2.24, 2.45) is 5.41 Å². The van der Waals surface area contributed by atoms with E-state index in [0.717, 1.165) is 5.56 Å². The van der Waals surface area contributed by atoms with E-state index in [0.29, 0.717) is 5.56 Å². The Morgan fingerprint density at radius 2 is 1.38 bits per heavy atom. The third kappa shape index (κ3) is 8.46. The molecule has 3 amide bonds. The van der Waals surface area contributed by atoms with E-state index in [9.17, 15) is 27.6 Å². The van der Waals surface area contributed by atoms with Crippen LogP contribution in [0.5, 0.6) is 0 Å². The Hall–Kier alpha value is -3.56. The highest BCUT2D eigenvalue weighted by Crippen LogP contribution is 2.37. The molecule has 7 nitrogen and oxygen atoms in total. The smallest absolute Gasteiger partial charge is 0.458 e. The maximum atomic E-state index is 13.8. The fraction of sp³-hybridized carbons (Fsp3) is 0.483. The van der Waals surface area contributed by atoms with E-state index in [2.05, 4.69) is 5.32 Å². The number of nitrogens with zero attached hydrogens (tertiary/aromatic N) is 1. The lowest BCUT2D eigenvalue weighted by Crippen LogP contribution is -2.67. The number of likely N-dealkylation sites (N-methyl/N-ethyl adjacent to an activating group) is 1. The van der Waals surface area contributed by atoms with Crippen LogP contribution in [0.3, 0.4) is 0 Å². The molecule has 0 saturated heterocycles. The molecule has 214 valence electrons. The number of ether oxygens (including phenoxy) is 1. The molecule has 0 radical (unpaired) electrons. The molecule has 2 aromatic rings. The van der Waals surface area contributed by atoms with Crippen LogP contribution >= 0.6 is 0 Å². The van der Waals surface area contributed by atoms with Crippen LogP contribution in [0.15, 0.2) is 60.7 Å². The maximum Gasteiger partial charge on any atom is 0.471 e. The van der Waals surface area contributed by atoms with Gasteiger partial charge in [-0.1, -0.05) is 81.4 Å². The molecule has 0 bridgehead atoms. The summed E-state index contributed by atoms with van der Waals surface area (Å²) in [7, 11) is 1.40. The van der Waals surface area contributed by atoms with E-state index in [1.165, 1.54) is 11.9 Å². The standard InChI is InChI=1S/C29H38F3N3O4/c1-26(2,3)28(24(37)39-27(4,5)6,18-20-14-10-8-11-15-20)34-25(38)35(7)22(21-16-12-9-13-17-21)19-33-23(36)29(30,31)32/h8-17,22H,18-19H2,1-7H3,(H,33,36)(H,34,38)/t22?,28-/m0/s1. The minimum atomic E-state index is -5.07. The van der Waals surface area contributed by atoms with Crippen LogP contribution in [0.25, 0.3) is 0 Å². The molecule has 0 aliphatic heterocycles. The van der Waals surface area contributed by atoms with Crippen molar-refractivity contribution >= 4 is 17.9 Å². The molecule has 0 aromatic heterocycles. The van der Waals surface area contributed by atoms with Gasteiger partial charge in [-0.05, 0) is 37.3 Å². The number of halogens is 3. The summed E-state index contributed by atoms with van der Waals surface area (Å²) in [5.41, 5.74) is -1.98. The van der Waals surface area contributed by atoms with Gasteiger partial charge in [0.25, 0.3) is 0 Å². The molecule has 39 heavy (non-hydrogen) atoms. The van der Waals surface area contributed by atoms with Gasteiger partial charge >= 0.3 is 24.1 Å². The van der Waals surface area contributed by atoms with Crippen molar-refractivity contribution in [1.82, 2.24) is 15.5 Å². The largest absolute Gasteiger partial charge is 0.471 e. The highest BCUT2D eigenvalue weighted by molar-refractivity contribution is 5.89. The fourth-order valence-electron chi connectivity index (χ4n) is 4.05. The minimum Gasteiger partial charge on any atom is -0.458 e. The molecular formula is C29H38F3N3O4. The molecule has 10 heteroatoms. The molecule has 2 atom stereocenters. The summed E-state index contributed by atoms with van der Waals surface area (Å²) in [5, 5.41) is 4.75. The quantitative estimate of drug-likeness (QED) is 0.431. The number of rotatable bonds is 8. The number of carbonyl (C=O) groups is 3. The number of amides is 3. The van der Waals surface area contributed by atoms with Crippen molar-refractivity contribution in [3.8, 4) is 0 Å². The predicted octanol–water partition coefficient (Wildman–Crippen LogP) is 5.42. The lowest BCUT2D eigenvalue weighted by Gasteiger charge is -2.45. The van der Waals surface area contributed by atoms with Crippen LogP contribution in [0, 0.1) is 5.41 Å². The molecule has 2 rings (SSSR count). The van der Waals surface area contributed by atoms with Gasteiger partial charge in [0.2, 0.25) is 0 Å². The Kier molecular flexibility index (Phi) is 9.81. The van der Waals surface area contributed by atoms with Crippen molar-refractivity contribution in [2.45, 2.75) is 71.3 Å². The van der Waals surface area contributed by atoms with Gasteiger partial charge in [0, 0.05) is 20.0 Å². The van der Waals surface area contributed by atoms with Gasteiger partial charge < -0.3 is 20.3 Å². The van der Waals surface area contributed by atoms with Crippen LogP contribution < -0.4 is 10.6 Å². The van der Waals surface area contributed by atoms with E-state index in [1.807, 2.05) is 35.6 Å². The Morgan fingerprint density at radius 1 is 0.872 bits per heavy atom. The van der Waals surface area contributed by atoms with Crippen molar-refractivity contribution in [1.29, 1.82) is 0 Å². The molecule has 2 N–H and O–H groups in total. The zero-order chi connectivity index (χ0) is 29.6.